The van der Waals surface area contributed by atoms with E-state index >= 15 is 0 Å². The van der Waals surface area contributed by atoms with Gasteiger partial charge < -0.3 is 13.7 Å². The highest BCUT2D eigenvalue weighted by Crippen LogP contribution is 2.16. The Labute approximate surface area is 141 Å². The molecule has 1 aromatic carbocycles. The number of carbonyl (C=O) groups is 1. The molecule has 0 aliphatic rings. The van der Waals surface area contributed by atoms with E-state index in [-0.39, 0.29) is 5.91 Å². The van der Waals surface area contributed by atoms with Crippen LogP contribution in [0.1, 0.15) is 21.9 Å². The minimum atomic E-state index is -0.0517. The Morgan fingerprint density at radius 3 is 1.91 bits per heavy atom. The standard InChI is InChI=1S/C17H14INO3/c18-14-7-5-13(6-8-14)17(20)19(11-15-3-1-9-21-15)12-16-4-2-10-22-16/h1-10H,11-12H2. The summed E-state index contributed by atoms with van der Waals surface area (Å²) in [5, 5.41) is 0. The van der Waals surface area contributed by atoms with Gasteiger partial charge in [0, 0.05) is 9.13 Å². The number of rotatable bonds is 5. The van der Waals surface area contributed by atoms with Gasteiger partial charge >= 0.3 is 0 Å². The van der Waals surface area contributed by atoms with Crippen molar-refractivity contribution in [1.82, 2.24) is 4.90 Å². The zero-order valence-electron chi connectivity index (χ0n) is 11.7. The Hall–Kier alpha value is -2.02. The second-order valence-electron chi connectivity index (χ2n) is 4.83. The topological polar surface area (TPSA) is 46.6 Å². The fourth-order valence-corrected chi connectivity index (χ4v) is 2.52. The molecule has 0 N–H and O–H groups in total. The van der Waals surface area contributed by atoms with Crippen LogP contribution in [0.5, 0.6) is 0 Å². The van der Waals surface area contributed by atoms with Crippen molar-refractivity contribution in [2.75, 3.05) is 0 Å². The van der Waals surface area contributed by atoms with Gasteiger partial charge in [-0.2, -0.15) is 0 Å². The van der Waals surface area contributed by atoms with E-state index in [1.807, 2.05) is 48.5 Å². The molecule has 3 aromatic rings. The predicted octanol–water partition coefficient (Wildman–Crippen LogP) is 4.32. The highest BCUT2D eigenvalue weighted by Gasteiger charge is 2.18. The monoisotopic (exact) mass is 407 g/mol. The van der Waals surface area contributed by atoms with Crippen molar-refractivity contribution < 1.29 is 13.6 Å². The van der Waals surface area contributed by atoms with Crippen LogP contribution >= 0.6 is 22.6 Å². The van der Waals surface area contributed by atoms with Crippen molar-refractivity contribution in [2.45, 2.75) is 13.1 Å². The maximum atomic E-state index is 12.7. The summed E-state index contributed by atoms with van der Waals surface area (Å²) >= 11 is 2.22. The van der Waals surface area contributed by atoms with Crippen LogP contribution in [0.15, 0.2) is 69.9 Å². The zero-order chi connectivity index (χ0) is 15.4. The van der Waals surface area contributed by atoms with Crippen LogP contribution in [-0.2, 0) is 13.1 Å². The quantitative estimate of drug-likeness (QED) is 0.592. The number of halogens is 1. The van der Waals surface area contributed by atoms with Gasteiger partial charge in [-0.05, 0) is 71.1 Å². The molecule has 2 heterocycles. The van der Waals surface area contributed by atoms with E-state index in [0.717, 1.165) is 15.1 Å². The molecular weight excluding hydrogens is 393 g/mol. The van der Waals surface area contributed by atoms with Gasteiger partial charge in [-0.15, -0.1) is 0 Å². The molecule has 5 heteroatoms. The van der Waals surface area contributed by atoms with Gasteiger partial charge in [0.25, 0.3) is 5.91 Å². The van der Waals surface area contributed by atoms with Gasteiger partial charge in [0.05, 0.1) is 25.6 Å². The molecule has 0 spiro atoms. The van der Waals surface area contributed by atoms with Crippen LogP contribution in [-0.4, -0.2) is 10.8 Å². The molecule has 0 radical (unpaired) electrons. The molecule has 0 bridgehead atoms. The maximum Gasteiger partial charge on any atom is 0.254 e. The van der Waals surface area contributed by atoms with Crippen molar-refractivity contribution in [1.29, 1.82) is 0 Å². The summed E-state index contributed by atoms with van der Waals surface area (Å²) in [6, 6.07) is 14.9. The Morgan fingerprint density at radius 2 is 1.45 bits per heavy atom. The van der Waals surface area contributed by atoms with E-state index in [1.54, 1.807) is 17.4 Å². The fourth-order valence-electron chi connectivity index (χ4n) is 2.16. The molecule has 0 atom stereocenters. The zero-order valence-corrected chi connectivity index (χ0v) is 13.9. The third-order valence-electron chi connectivity index (χ3n) is 3.23. The van der Waals surface area contributed by atoms with E-state index in [1.165, 1.54) is 0 Å². The first-order chi connectivity index (χ1) is 10.7. The average molecular weight is 407 g/mol. The van der Waals surface area contributed by atoms with Crippen LogP contribution in [0.25, 0.3) is 0 Å². The molecule has 1 amide bonds. The number of carbonyl (C=O) groups excluding carboxylic acids is 1. The largest absolute Gasteiger partial charge is 0.467 e. The van der Waals surface area contributed by atoms with Gasteiger partial charge in [-0.3, -0.25) is 4.79 Å². The summed E-state index contributed by atoms with van der Waals surface area (Å²) < 4.78 is 11.8. The predicted molar refractivity (Wildman–Crippen MR) is 90.2 cm³/mol. The van der Waals surface area contributed by atoms with Gasteiger partial charge in [0.2, 0.25) is 0 Å². The third kappa shape index (κ3) is 3.59. The molecule has 112 valence electrons. The number of nitrogens with zero attached hydrogens (tertiary/aromatic N) is 1. The smallest absolute Gasteiger partial charge is 0.254 e. The Morgan fingerprint density at radius 1 is 0.909 bits per heavy atom. The lowest BCUT2D eigenvalue weighted by atomic mass is 10.2. The number of amides is 1. The van der Waals surface area contributed by atoms with Crippen molar-refractivity contribution in [3.8, 4) is 0 Å². The summed E-state index contributed by atoms with van der Waals surface area (Å²) in [5.74, 6) is 1.43. The maximum absolute atomic E-state index is 12.7. The SMILES string of the molecule is O=C(c1ccc(I)cc1)N(Cc1ccco1)Cc1ccco1. The van der Waals surface area contributed by atoms with Crippen molar-refractivity contribution in [3.63, 3.8) is 0 Å². The van der Waals surface area contributed by atoms with E-state index in [0.29, 0.717) is 18.7 Å². The highest BCUT2D eigenvalue weighted by molar-refractivity contribution is 14.1. The molecule has 0 saturated carbocycles. The van der Waals surface area contributed by atoms with Crippen LogP contribution in [0.3, 0.4) is 0 Å². The van der Waals surface area contributed by atoms with E-state index in [9.17, 15) is 4.79 Å². The summed E-state index contributed by atoms with van der Waals surface area (Å²) in [5.41, 5.74) is 0.651. The lowest BCUT2D eigenvalue weighted by Gasteiger charge is -2.20. The molecule has 2 aromatic heterocycles. The fraction of sp³-hybridized carbons (Fsp3) is 0.118. The Kier molecular flexibility index (Phi) is 4.62. The molecule has 0 aliphatic heterocycles. The number of hydrogen-bond acceptors (Lipinski definition) is 3. The molecule has 3 rings (SSSR count). The van der Waals surface area contributed by atoms with Crippen molar-refractivity contribution >= 4 is 28.5 Å². The number of benzene rings is 1. The van der Waals surface area contributed by atoms with Crippen LogP contribution in [0.2, 0.25) is 0 Å². The van der Waals surface area contributed by atoms with Crippen molar-refractivity contribution in [3.05, 3.63) is 81.7 Å². The van der Waals surface area contributed by atoms with E-state index in [2.05, 4.69) is 22.6 Å². The second-order valence-corrected chi connectivity index (χ2v) is 6.07. The van der Waals surface area contributed by atoms with Crippen LogP contribution in [0, 0.1) is 3.57 Å². The van der Waals surface area contributed by atoms with Gasteiger partial charge in [-0.1, -0.05) is 0 Å². The van der Waals surface area contributed by atoms with E-state index in [4.69, 9.17) is 8.83 Å². The highest BCUT2D eigenvalue weighted by atomic mass is 127. The molecule has 4 nitrogen and oxygen atoms in total. The summed E-state index contributed by atoms with van der Waals surface area (Å²) in [7, 11) is 0. The Bertz CT molecular complexity index is 682. The lowest BCUT2D eigenvalue weighted by molar-refractivity contribution is 0.0705. The number of hydrogen-bond donors (Lipinski definition) is 0. The Balaban J connectivity index is 1.83. The average Bonchev–Trinajstić information content (AvgIpc) is 3.20. The minimum absolute atomic E-state index is 0.0517. The van der Waals surface area contributed by atoms with E-state index < -0.39 is 0 Å². The lowest BCUT2D eigenvalue weighted by Crippen LogP contribution is -2.29. The first kappa shape index (κ1) is 14.9. The van der Waals surface area contributed by atoms with Gasteiger partial charge in [0.1, 0.15) is 11.5 Å². The molecule has 0 aliphatic carbocycles. The van der Waals surface area contributed by atoms with Crippen molar-refractivity contribution in [2.24, 2.45) is 0 Å². The van der Waals surface area contributed by atoms with Gasteiger partial charge in [0.15, 0.2) is 0 Å². The number of furan rings is 2. The molecule has 0 fully saturated rings. The van der Waals surface area contributed by atoms with Crippen LogP contribution < -0.4 is 0 Å². The molecule has 0 saturated heterocycles. The summed E-state index contributed by atoms with van der Waals surface area (Å²) in [6.45, 7) is 0.803. The molecule has 22 heavy (non-hydrogen) atoms. The summed E-state index contributed by atoms with van der Waals surface area (Å²) in [6.07, 6.45) is 3.21. The second kappa shape index (κ2) is 6.83. The van der Waals surface area contributed by atoms with Crippen LogP contribution in [0.4, 0.5) is 0 Å². The molecular formula is C17H14INO3. The normalized spacial score (nSPS) is 10.6. The first-order valence-electron chi connectivity index (χ1n) is 6.82. The molecule has 0 unspecified atom stereocenters. The van der Waals surface area contributed by atoms with Gasteiger partial charge in [-0.25, -0.2) is 0 Å². The first-order valence-corrected chi connectivity index (χ1v) is 7.90. The third-order valence-corrected chi connectivity index (χ3v) is 3.95. The minimum Gasteiger partial charge on any atom is -0.467 e. The summed E-state index contributed by atoms with van der Waals surface area (Å²) in [4.78, 5) is 14.5.